The first kappa shape index (κ1) is 27.6. The average molecular weight is 577 g/mol. The zero-order valence-electron chi connectivity index (χ0n) is 23.5. The summed E-state index contributed by atoms with van der Waals surface area (Å²) >= 11 is 0. The molecule has 42 heavy (non-hydrogen) atoms. The second-order valence-electron chi connectivity index (χ2n) is 11.4. The van der Waals surface area contributed by atoms with Crippen molar-refractivity contribution in [3.8, 4) is 17.0 Å². The van der Waals surface area contributed by atoms with E-state index in [1.807, 2.05) is 33.9 Å². The molecule has 6 rings (SSSR count). The molecule has 1 spiro atoms. The number of carbonyl (C=O) groups excluding carboxylic acids is 2. The standard InChI is InChI=1S/C30H30F2N6O4/c1-14(2)24-26(38-42-37-24)29(40)36-25(22-18-6-7-19(31)23(32)27(18)41-13-30(22)9-10-30)28(39)35-17-5-8-20(34-12-17)21-15(3)11-33-16(21)4/h5-8,11-12,14,22,25,33H,9-10,13H2,1-4H3,(H,35,39)(H,36,40)/t22?,25-/m0/s1. The highest BCUT2D eigenvalue weighted by molar-refractivity contribution is 6.01. The van der Waals surface area contributed by atoms with Gasteiger partial charge in [-0.2, -0.15) is 4.39 Å². The van der Waals surface area contributed by atoms with E-state index >= 15 is 0 Å². The summed E-state index contributed by atoms with van der Waals surface area (Å²) in [5, 5.41) is 13.3. The van der Waals surface area contributed by atoms with Gasteiger partial charge in [-0.05, 0) is 55.6 Å². The number of aryl methyl sites for hydroxylation is 2. The number of rotatable bonds is 7. The van der Waals surface area contributed by atoms with Crippen molar-refractivity contribution in [1.29, 1.82) is 0 Å². The van der Waals surface area contributed by atoms with Crippen molar-refractivity contribution in [1.82, 2.24) is 25.6 Å². The fourth-order valence-corrected chi connectivity index (χ4v) is 5.85. The Kier molecular flexibility index (Phi) is 6.78. The number of H-pyrrole nitrogens is 1. The third-order valence-corrected chi connectivity index (χ3v) is 8.21. The van der Waals surface area contributed by atoms with Gasteiger partial charge in [-0.15, -0.1) is 0 Å². The van der Waals surface area contributed by atoms with E-state index in [0.717, 1.165) is 28.6 Å². The van der Waals surface area contributed by atoms with Crippen LogP contribution < -0.4 is 15.4 Å². The van der Waals surface area contributed by atoms with E-state index < -0.39 is 40.8 Å². The van der Waals surface area contributed by atoms with E-state index in [1.54, 1.807) is 12.1 Å². The summed E-state index contributed by atoms with van der Waals surface area (Å²) in [7, 11) is 0. The highest BCUT2D eigenvalue weighted by Gasteiger charge is 2.58. The van der Waals surface area contributed by atoms with E-state index in [2.05, 4.69) is 30.9 Å². The predicted octanol–water partition coefficient (Wildman–Crippen LogP) is 5.17. The maximum atomic E-state index is 14.8. The van der Waals surface area contributed by atoms with Crippen LogP contribution in [0.2, 0.25) is 0 Å². The lowest BCUT2D eigenvalue weighted by Gasteiger charge is -2.38. The summed E-state index contributed by atoms with van der Waals surface area (Å²) in [5.74, 6) is -4.53. The van der Waals surface area contributed by atoms with Crippen molar-refractivity contribution in [3.63, 3.8) is 0 Å². The van der Waals surface area contributed by atoms with Gasteiger partial charge in [0.1, 0.15) is 11.7 Å². The fraction of sp³-hybridized carbons (Fsp3) is 0.367. The minimum atomic E-state index is -1.20. The lowest BCUT2D eigenvalue weighted by atomic mass is 9.75. The van der Waals surface area contributed by atoms with Crippen LogP contribution in [0, 0.1) is 30.9 Å². The van der Waals surface area contributed by atoms with Crippen molar-refractivity contribution in [2.45, 2.75) is 58.4 Å². The van der Waals surface area contributed by atoms with Gasteiger partial charge in [-0.1, -0.05) is 25.1 Å². The average Bonchev–Trinajstić information content (AvgIpc) is 3.39. The summed E-state index contributed by atoms with van der Waals surface area (Å²) in [6.07, 6.45) is 4.81. The minimum Gasteiger partial charge on any atom is -0.489 e. The Balaban J connectivity index is 1.36. The van der Waals surface area contributed by atoms with Crippen LogP contribution in [0.5, 0.6) is 5.75 Å². The molecule has 1 saturated carbocycles. The van der Waals surface area contributed by atoms with Gasteiger partial charge in [0.05, 0.1) is 24.2 Å². The molecule has 0 radical (unpaired) electrons. The van der Waals surface area contributed by atoms with Crippen molar-refractivity contribution in [2.24, 2.45) is 5.41 Å². The van der Waals surface area contributed by atoms with Crippen LogP contribution in [-0.2, 0) is 4.79 Å². The van der Waals surface area contributed by atoms with E-state index in [1.165, 1.54) is 12.3 Å². The molecule has 2 amide bonds. The molecular formula is C30H30F2N6O4. The maximum absolute atomic E-state index is 14.8. The monoisotopic (exact) mass is 576 g/mol. The van der Waals surface area contributed by atoms with E-state index in [0.29, 0.717) is 29.8 Å². The van der Waals surface area contributed by atoms with Crippen LogP contribution in [0.3, 0.4) is 0 Å². The Hall–Kier alpha value is -4.61. The molecular weight excluding hydrogens is 546 g/mol. The van der Waals surface area contributed by atoms with E-state index in [-0.39, 0.29) is 24.0 Å². The van der Waals surface area contributed by atoms with Crippen LogP contribution in [0.4, 0.5) is 14.5 Å². The number of amides is 2. The number of aromatic nitrogens is 4. The molecule has 2 atom stereocenters. The van der Waals surface area contributed by atoms with E-state index in [4.69, 9.17) is 9.37 Å². The number of halogens is 2. The van der Waals surface area contributed by atoms with Gasteiger partial charge in [-0.25, -0.2) is 9.02 Å². The molecule has 1 unspecified atom stereocenters. The van der Waals surface area contributed by atoms with Gasteiger partial charge in [-0.3, -0.25) is 14.6 Å². The molecule has 1 aliphatic heterocycles. The molecule has 4 heterocycles. The van der Waals surface area contributed by atoms with Crippen LogP contribution >= 0.6 is 0 Å². The quantitative estimate of drug-likeness (QED) is 0.276. The van der Waals surface area contributed by atoms with Gasteiger partial charge < -0.3 is 20.4 Å². The first-order valence-corrected chi connectivity index (χ1v) is 13.8. The third kappa shape index (κ3) is 4.70. The van der Waals surface area contributed by atoms with Crippen molar-refractivity contribution in [2.75, 3.05) is 11.9 Å². The van der Waals surface area contributed by atoms with E-state index in [9.17, 15) is 18.4 Å². The van der Waals surface area contributed by atoms with Crippen molar-refractivity contribution in [3.05, 3.63) is 76.5 Å². The molecule has 12 heteroatoms. The summed E-state index contributed by atoms with van der Waals surface area (Å²) in [6, 6.07) is 4.75. The summed E-state index contributed by atoms with van der Waals surface area (Å²) in [6.45, 7) is 7.68. The normalized spacial score (nSPS) is 17.5. The second-order valence-corrected chi connectivity index (χ2v) is 11.4. The number of nitrogens with one attached hydrogen (secondary N) is 3. The molecule has 0 saturated heterocycles. The number of anilines is 1. The summed E-state index contributed by atoms with van der Waals surface area (Å²) in [4.78, 5) is 35.2. The first-order valence-electron chi connectivity index (χ1n) is 13.8. The number of fused-ring (bicyclic) bond motifs is 1. The van der Waals surface area contributed by atoms with Gasteiger partial charge >= 0.3 is 0 Å². The smallest absolute Gasteiger partial charge is 0.276 e. The van der Waals surface area contributed by atoms with Crippen molar-refractivity contribution < 1.29 is 27.7 Å². The Morgan fingerprint density at radius 3 is 2.55 bits per heavy atom. The highest BCUT2D eigenvalue weighted by Crippen LogP contribution is 2.61. The first-order chi connectivity index (χ1) is 20.1. The van der Waals surface area contributed by atoms with Crippen LogP contribution in [0.15, 0.2) is 41.3 Å². The van der Waals surface area contributed by atoms with Crippen LogP contribution in [0.25, 0.3) is 11.3 Å². The molecule has 1 aliphatic carbocycles. The second kappa shape index (κ2) is 10.3. The Morgan fingerprint density at radius 1 is 1.12 bits per heavy atom. The number of pyridine rings is 1. The molecule has 218 valence electrons. The number of carbonyl (C=O) groups is 2. The van der Waals surface area contributed by atoms with Gasteiger partial charge in [0.25, 0.3) is 5.91 Å². The number of nitrogens with zero attached hydrogens (tertiary/aromatic N) is 3. The lowest BCUT2D eigenvalue weighted by Crippen LogP contribution is -2.52. The largest absolute Gasteiger partial charge is 0.489 e. The zero-order valence-corrected chi connectivity index (χ0v) is 23.5. The Morgan fingerprint density at radius 2 is 1.90 bits per heavy atom. The lowest BCUT2D eigenvalue weighted by molar-refractivity contribution is -0.119. The molecule has 0 bridgehead atoms. The number of benzene rings is 1. The molecule has 4 aromatic rings. The molecule has 10 nitrogen and oxygen atoms in total. The number of ether oxygens (including phenoxy) is 1. The Bertz CT molecular complexity index is 1660. The third-order valence-electron chi connectivity index (χ3n) is 8.21. The number of aromatic amines is 1. The molecule has 1 fully saturated rings. The minimum absolute atomic E-state index is 0.0477. The van der Waals surface area contributed by atoms with Crippen LogP contribution in [-0.4, -0.2) is 44.7 Å². The highest BCUT2D eigenvalue weighted by atomic mass is 19.2. The summed E-state index contributed by atoms with van der Waals surface area (Å²) < 4.78 is 39.5. The van der Waals surface area contributed by atoms with Crippen molar-refractivity contribution >= 4 is 17.5 Å². The van der Waals surface area contributed by atoms with Gasteiger partial charge in [0.15, 0.2) is 17.3 Å². The molecule has 3 N–H and O–H groups in total. The number of hydrogen-bond donors (Lipinski definition) is 3. The van der Waals surface area contributed by atoms with Crippen LogP contribution in [0.1, 0.15) is 71.5 Å². The zero-order chi connectivity index (χ0) is 29.8. The predicted molar refractivity (Wildman–Crippen MR) is 148 cm³/mol. The molecule has 1 aromatic carbocycles. The summed E-state index contributed by atoms with van der Waals surface area (Å²) in [5.41, 5.74) is 4.19. The Labute approximate surface area is 240 Å². The fourth-order valence-electron chi connectivity index (χ4n) is 5.85. The topological polar surface area (TPSA) is 135 Å². The molecule has 3 aromatic heterocycles. The SMILES string of the molecule is Cc1c[nH]c(C)c1-c1ccc(NC(=O)[C@@H](NC(=O)c2nonc2C(C)C)C2c3ccc(F)c(F)c3OCC23CC3)cn1. The van der Waals surface area contributed by atoms with Gasteiger partial charge in [0.2, 0.25) is 11.7 Å². The van der Waals surface area contributed by atoms with Gasteiger partial charge in [0, 0.05) is 40.3 Å². The maximum Gasteiger partial charge on any atom is 0.276 e. The molecule has 2 aliphatic rings. The number of hydrogen-bond acceptors (Lipinski definition) is 7.